The minimum Gasteiger partial charge on any atom is -0.448 e. The van der Waals surface area contributed by atoms with Gasteiger partial charge >= 0.3 is 5.97 Å². The minimum absolute atomic E-state index is 0.133. The fourth-order valence-electron chi connectivity index (χ4n) is 3.19. The Morgan fingerprint density at radius 3 is 2.32 bits per heavy atom. The molecule has 1 amide bonds. The van der Waals surface area contributed by atoms with Gasteiger partial charge in [-0.3, -0.25) is 4.79 Å². The van der Waals surface area contributed by atoms with Gasteiger partial charge < -0.3 is 15.0 Å². The van der Waals surface area contributed by atoms with Gasteiger partial charge in [-0.1, -0.05) is 37.8 Å². The average Bonchev–Trinajstić information content (AvgIpc) is 2.94. The molecular formula is C22H29N3O3. The Balaban J connectivity index is 1.96. The fourth-order valence-corrected chi connectivity index (χ4v) is 3.19. The molecule has 0 bridgehead atoms. The summed E-state index contributed by atoms with van der Waals surface area (Å²) in [6, 6.07) is 9.44. The summed E-state index contributed by atoms with van der Waals surface area (Å²) in [5, 5.41) is 12.3. The lowest BCUT2D eigenvalue weighted by atomic mass is 10.1. The predicted molar refractivity (Wildman–Crippen MR) is 110 cm³/mol. The number of nitriles is 1. The average molecular weight is 383 g/mol. The highest BCUT2D eigenvalue weighted by atomic mass is 16.5. The highest BCUT2D eigenvalue weighted by molar-refractivity contribution is 5.99. The van der Waals surface area contributed by atoms with Crippen LogP contribution < -0.4 is 10.2 Å². The first kappa shape index (κ1) is 21.5. The summed E-state index contributed by atoms with van der Waals surface area (Å²) in [5.41, 5.74) is 1.60. The van der Waals surface area contributed by atoms with Crippen LogP contribution in [0, 0.1) is 11.3 Å². The number of ether oxygens (including phenoxy) is 1. The van der Waals surface area contributed by atoms with Crippen LogP contribution in [0.3, 0.4) is 0 Å². The molecule has 1 aromatic rings. The zero-order valence-electron chi connectivity index (χ0n) is 16.9. The number of hydrogen-bond donors (Lipinski definition) is 1. The summed E-state index contributed by atoms with van der Waals surface area (Å²) >= 11 is 0. The van der Waals surface area contributed by atoms with E-state index in [4.69, 9.17) is 4.74 Å². The maximum atomic E-state index is 12.3. The van der Waals surface area contributed by atoms with E-state index in [1.807, 2.05) is 49.3 Å². The third-order valence-corrected chi connectivity index (χ3v) is 4.92. The number of nitrogens with zero attached hydrogens (tertiary/aromatic N) is 2. The first-order chi connectivity index (χ1) is 13.4. The molecule has 6 nitrogen and oxygen atoms in total. The lowest BCUT2D eigenvalue weighted by Crippen LogP contribution is -2.42. The van der Waals surface area contributed by atoms with Gasteiger partial charge in [-0.05, 0) is 43.5 Å². The van der Waals surface area contributed by atoms with Gasteiger partial charge in [0.1, 0.15) is 11.6 Å². The van der Waals surface area contributed by atoms with Crippen LogP contribution in [0.1, 0.15) is 51.0 Å². The zero-order valence-corrected chi connectivity index (χ0v) is 16.9. The number of carbonyl (C=O) groups is 2. The van der Waals surface area contributed by atoms with Gasteiger partial charge in [0.25, 0.3) is 5.91 Å². The Labute approximate surface area is 167 Å². The van der Waals surface area contributed by atoms with Crippen molar-refractivity contribution < 1.29 is 14.3 Å². The summed E-state index contributed by atoms with van der Waals surface area (Å²) in [6.07, 6.45) is 7.05. The molecule has 6 heteroatoms. The Kier molecular flexibility index (Phi) is 8.06. The molecule has 1 atom stereocenters. The first-order valence-corrected chi connectivity index (χ1v) is 9.81. The van der Waals surface area contributed by atoms with E-state index in [-0.39, 0.29) is 17.5 Å². The summed E-state index contributed by atoms with van der Waals surface area (Å²) in [5.74, 6) is -1.10. The zero-order chi connectivity index (χ0) is 20.5. The van der Waals surface area contributed by atoms with Crippen molar-refractivity contribution in [1.29, 1.82) is 5.26 Å². The van der Waals surface area contributed by atoms with E-state index in [0.29, 0.717) is 0 Å². The van der Waals surface area contributed by atoms with Crippen LogP contribution >= 0.6 is 0 Å². The molecule has 0 radical (unpaired) electrons. The molecular weight excluding hydrogens is 354 g/mol. The Morgan fingerprint density at radius 2 is 1.79 bits per heavy atom. The fraction of sp³-hybridized carbons (Fsp3) is 0.500. The molecule has 1 aromatic carbocycles. The highest BCUT2D eigenvalue weighted by Gasteiger charge is 2.23. The van der Waals surface area contributed by atoms with Crippen molar-refractivity contribution in [2.75, 3.05) is 19.0 Å². The number of benzene rings is 1. The third-order valence-electron chi connectivity index (χ3n) is 4.92. The van der Waals surface area contributed by atoms with Crippen LogP contribution in [-0.2, 0) is 14.3 Å². The van der Waals surface area contributed by atoms with Crippen molar-refractivity contribution in [3.05, 3.63) is 35.4 Å². The van der Waals surface area contributed by atoms with Gasteiger partial charge in [0.2, 0.25) is 0 Å². The molecule has 0 aliphatic heterocycles. The van der Waals surface area contributed by atoms with Crippen molar-refractivity contribution in [2.24, 2.45) is 0 Å². The van der Waals surface area contributed by atoms with E-state index in [0.717, 1.165) is 36.9 Å². The molecule has 1 aliphatic rings. The van der Waals surface area contributed by atoms with Crippen LogP contribution in [0.5, 0.6) is 0 Å². The number of anilines is 1. The van der Waals surface area contributed by atoms with E-state index in [2.05, 4.69) is 5.32 Å². The van der Waals surface area contributed by atoms with Crippen molar-refractivity contribution in [2.45, 2.75) is 57.6 Å². The van der Waals surface area contributed by atoms with Crippen LogP contribution in [0.25, 0.3) is 6.08 Å². The second-order valence-electron chi connectivity index (χ2n) is 7.40. The molecule has 0 aromatic heterocycles. The van der Waals surface area contributed by atoms with Crippen molar-refractivity contribution in [3.63, 3.8) is 0 Å². The molecule has 28 heavy (non-hydrogen) atoms. The summed E-state index contributed by atoms with van der Waals surface area (Å²) in [4.78, 5) is 26.6. The maximum Gasteiger partial charge on any atom is 0.349 e. The highest BCUT2D eigenvalue weighted by Crippen LogP contribution is 2.18. The van der Waals surface area contributed by atoms with Gasteiger partial charge in [-0.15, -0.1) is 0 Å². The van der Waals surface area contributed by atoms with E-state index in [9.17, 15) is 14.9 Å². The molecule has 1 saturated carbocycles. The number of rotatable bonds is 6. The Hall–Kier alpha value is -2.81. The normalized spacial score (nSPS) is 16.4. The lowest BCUT2D eigenvalue weighted by molar-refractivity contribution is -0.151. The van der Waals surface area contributed by atoms with Crippen molar-refractivity contribution in [1.82, 2.24) is 5.32 Å². The molecule has 0 heterocycles. The third kappa shape index (κ3) is 6.41. The van der Waals surface area contributed by atoms with Gasteiger partial charge in [0, 0.05) is 25.8 Å². The Bertz CT molecular complexity index is 739. The molecule has 1 fully saturated rings. The maximum absolute atomic E-state index is 12.3. The van der Waals surface area contributed by atoms with Gasteiger partial charge in [0.15, 0.2) is 6.10 Å². The van der Waals surface area contributed by atoms with Crippen molar-refractivity contribution >= 4 is 23.6 Å². The molecule has 1 aliphatic carbocycles. The largest absolute Gasteiger partial charge is 0.448 e. The molecule has 0 spiro atoms. The van der Waals surface area contributed by atoms with Gasteiger partial charge in [0.05, 0.1) is 0 Å². The lowest BCUT2D eigenvalue weighted by Gasteiger charge is -2.19. The SMILES string of the molecule is C[C@@H](OC(=O)/C(C#N)=C/c1ccc(N(C)C)cc1)C(=O)NC1CCCCCC1. The predicted octanol–water partition coefficient (Wildman–Crippen LogP) is 3.43. The van der Waals surface area contributed by atoms with Gasteiger partial charge in [-0.2, -0.15) is 5.26 Å². The van der Waals surface area contributed by atoms with Crippen molar-refractivity contribution in [3.8, 4) is 6.07 Å². The summed E-state index contributed by atoms with van der Waals surface area (Å²) in [6.45, 7) is 1.53. The van der Waals surface area contributed by atoms with Crippen LogP contribution in [0.2, 0.25) is 0 Å². The number of hydrogen-bond acceptors (Lipinski definition) is 5. The number of esters is 1. The minimum atomic E-state index is -0.941. The van der Waals surface area contributed by atoms with Crippen LogP contribution in [-0.4, -0.2) is 38.1 Å². The standard InChI is InChI=1S/C22H29N3O3/c1-16(21(26)24-19-8-6-4-5-7-9-19)28-22(27)18(15-23)14-17-10-12-20(13-11-17)25(2)3/h10-14,16,19H,4-9H2,1-3H3,(H,24,26)/b18-14+/t16-/m1/s1. The monoisotopic (exact) mass is 383 g/mol. The van der Waals surface area contributed by atoms with Crippen LogP contribution in [0.15, 0.2) is 29.8 Å². The first-order valence-electron chi connectivity index (χ1n) is 9.81. The summed E-state index contributed by atoms with van der Waals surface area (Å²) < 4.78 is 5.22. The molecule has 2 rings (SSSR count). The Morgan fingerprint density at radius 1 is 1.18 bits per heavy atom. The molecule has 0 saturated heterocycles. The topological polar surface area (TPSA) is 82.4 Å². The van der Waals surface area contributed by atoms with Gasteiger partial charge in [-0.25, -0.2) is 4.79 Å². The number of nitrogens with one attached hydrogen (secondary N) is 1. The molecule has 150 valence electrons. The van der Waals surface area contributed by atoms with E-state index in [1.165, 1.54) is 25.8 Å². The molecule has 1 N–H and O–H groups in total. The molecule has 0 unspecified atom stereocenters. The number of amides is 1. The van der Waals surface area contributed by atoms with E-state index < -0.39 is 12.1 Å². The van der Waals surface area contributed by atoms with E-state index >= 15 is 0 Å². The summed E-state index contributed by atoms with van der Waals surface area (Å²) in [7, 11) is 3.87. The quantitative estimate of drug-likeness (QED) is 0.352. The van der Waals surface area contributed by atoms with E-state index in [1.54, 1.807) is 0 Å². The van der Waals surface area contributed by atoms with Crippen LogP contribution in [0.4, 0.5) is 5.69 Å². The smallest absolute Gasteiger partial charge is 0.349 e. The number of carbonyl (C=O) groups excluding carboxylic acids is 2. The second-order valence-corrected chi connectivity index (χ2v) is 7.40. The second kappa shape index (κ2) is 10.5.